The molecule has 0 saturated carbocycles. The fourth-order valence-electron chi connectivity index (χ4n) is 0.647. The van der Waals surface area contributed by atoms with Crippen LogP contribution in [0.3, 0.4) is 0 Å². The molecular weight excluding hydrogens is 243 g/mol. The van der Waals surface area contributed by atoms with Crippen LogP contribution >= 0.6 is 0 Å². The minimum atomic E-state index is -6.62. The highest BCUT2D eigenvalue weighted by Crippen LogP contribution is 2.51. The van der Waals surface area contributed by atoms with E-state index >= 15 is 0 Å². The van der Waals surface area contributed by atoms with Crippen LogP contribution in [0.2, 0.25) is 0 Å². The third kappa shape index (κ3) is 2.20. The summed E-state index contributed by atoms with van der Waals surface area (Å²) in [7, 11) is 0. The summed E-state index contributed by atoms with van der Waals surface area (Å²) < 4.78 is 107. The Labute approximate surface area is 77.4 Å². The molecule has 0 spiro atoms. The quantitative estimate of drug-likeness (QED) is 0.613. The molecule has 15 heavy (non-hydrogen) atoms. The maximum absolute atomic E-state index is 12.5. The highest BCUT2D eigenvalue weighted by Gasteiger charge is 2.76. The van der Waals surface area contributed by atoms with Gasteiger partial charge < -0.3 is 0 Å². The molecule has 0 aromatic heterocycles. The van der Waals surface area contributed by atoms with Gasteiger partial charge in [-0.25, -0.2) is 13.2 Å². The van der Waals surface area contributed by atoms with Gasteiger partial charge in [0, 0.05) is 0 Å². The molecule has 0 unspecified atom stereocenters. The highest BCUT2D eigenvalue weighted by molar-refractivity contribution is 5.19. The van der Waals surface area contributed by atoms with E-state index < -0.39 is 29.7 Å². The van der Waals surface area contributed by atoms with E-state index in [1.54, 1.807) is 0 Å². The second-order valence-electron chi connectivity index (χ2n) is 2.50. The van der Waals surface area contributed by atoms with Gasteiger partial charge in [-0.05, 0) is 6.92 Å². The van der Waals surface area contributed by atoms with Gasteiger partial charge in [0.15, 0.2) is 5.83 Å². The fourth-order valence-corrected chi connectivity index (χ4v) is 0.647. The first-order valence-corrected chi connectivity index (χ1v) is 3.20. The SMILES string of the molecule is C/C(F)=C(\F)C(F)(C(F)(F)F)C(F)(F)F. The van der Waals surface area contributed by atoms with E-state index in [1.165, 1.54) is 0 Å². The van der Waals surface area contributed by atoms with Crippen LogP contribution in [0, 0.1) is 0 Å². The molecule has 0 fully saturated rings. The second kappa shape index (κ2) is 3.60. The Hall–Kier alpha value is -0.890. The van der Waals surface area contributed by atoms with Gasteiger partial charge in [-0.3, -0.25) is 0 Å². The van der Waals surface area contributed by atoms with Crippen LogP contribution in [0.25, 0.3) is 0 Å². The zero-order valence-corrected chi connectivity index (χ0v) is 6.90. The molecule has 0 nitrogen and oxygen atoms in total. The van der Waals surface area contributed by atoms with Crippen LogP contribution in [-0.2, 0) is 0 Å². The van der Waals surface area contributed by atoms with Crippen molar-refractivity contribution in [1.29, 1.82) is 0 Å². The van der Waals surface area contributed by atoms with Gasteiger partial charge in [-0.1, -0.05) is 0 Å². The number of hydrogen-bond acceptors (Lipinski definition) is 0. The number of rotatable bonds is 1. The minimum Gasteiger partial charge on any atom is -0.215 e. The van der Waals surface area contributed by atoms with E-state index in [4.69, 9.17) is 0 Å². The Morgan fingerprint density at radius 3 is 1.07 bits per heavy atom. The van der Waals surface area contributed by atoms with Crippen molar-refractivity contribution in [3.05, 3.63) is 11.7 Å². The lowest BCUT2D eigenvalue weighted by Crippen LogP contribution is -2.54. The van der Waals surface area contributed by atoms with Crippen molar-refractivity contribution in [3.63, 3.8) is 0 Å². The lowest BCUT2D eigenvalue weighted by atomic mass is 10.0. The maximum Gasteiger partial charge on any atom is 0.438 e. The number of halogens is 9. The second-order valence-corrected chi connectivity index (χ2v) is 2.50. The molecule has 0 amide bonds. The van der Waals surface area contributed by atoms with Crippen molar-refractivity contribution < 1.29 is 39.5 Å². The average Bonchev–Trinajstić information content (AvgIpc) is 1.96. The zero-order valence-electron chi connectivity index (χ0n) is 6.90. The minimum absolute atomic E-state index is 0.0544. The largest absolute Gasteiger partial charge is 0.438 e. The maximum atomic E-state index is 12.5. The summed E-state index contributed by atoms with van der Waals surface area (Å²) in [5, 5.41) is 0. The molecule has 90 valence electrons. The summed E-state index contributed by atoms with van der Waals surface area (Å²) in [6.45, 7) is -0.0544. The summed E-state index contributed by atoms with van der Waals surface area (Å²) in [4.78, 5) is 0. The lowest BCUT2D eigenvalue weighted by molar-refractivity contribution is -0.331. The topological polar surface area (TPSA) is 0 Å². The first kappa shape index (κ1) is 14.1. The Morgan fingerprint density at radius 1 is 0.733 bits per heavy atom. The number of alkyl halides is 7. The third-order valence-corrected chi connectivity index (χ3v) is 1.39. The molecule has 0 aliphatic carbocycles. The molecule has 0 aliphatic rings. The Morgan fingerprint density at radius 2 is 1.00 bits per heavy atom. The third-order valence-electron chi connectivity index (χ3n) is 1.39. The molecule has 0 bridgehead atoms. The number of hydrogen-bond donors (Lipinski definition) is 0. The van der Waals surface area contributed by atoms with Crippen molar-refractivity contribution in [3.8, 4) is 0 Å². The normalized spacial score (nSPS) is 16.4. The van der Waals surface area contributed by atoms with E-state index in [2.05, 4.69) is 0 Å². The summed E-state index contributed by atoms with van der Waals surface area (Å²) in [6.07, 6.45) is -13.2. The van der Waals surface area contributed by atoms with Crippen molar-refractivity contribution >= 4 is 0 Å². The van der Waals surface area contributed by atoms with E-state index in [1.807, 2.05) is 0 Å². The molecule has 9 heteroatoms. The Kier molecular flexibility index (Phi) is 3.39. The molecule has 0 heterocycles. The number of allylic oxidation sites excluding steroid dienone is 2. The van der Waals surface area contributed by atoms with Gasteiger partial charge in [0.05, 0.1) is 0 Å². The Bertz CT molecular complexity index is 249. The van der Waals surface area contributed by atoms with Crippen molar-refractivity contribution in [1.82, 2.24) is 0 Å². The predicted octanol–water partition coefficient (Wildman–Crippen LogP) is 3.99. The first-order chi connectivity index (χ1) is 6.35. The summed E-state index contributed by atoms with van der Waals surface area (Å²) in [5.41, 5.74) is -6.31. The van der Waals surface area contributed by atoms with Gasteiger partial charge in [0.1, 0.15) is 5.83 Å². The van der Waals surface area contributed by atoms with Crippen molar-refractivity contribution in [2.75, 3.05) is 0 Å². The zero-order chi connectivity index (χ0) is 12.7. The summed E-state index contributed by atoms with van der Waals surface area (Å²) in [6, 6.07) is 0. The molecule has 0 radical (unpaired) electrons. The van der Waals surface area contributed by atoms with Gasteiger partial charge >= 0.3 is 18.0 Å². The highest BCUT2D eigenvalue weighted by atomic mass is 19.4. The molecule has 0 aromatic carbocycles. The fraction of sp³-hybridized carbons (Fsp3) is 0.667. The first-order valence-electron chi connectivity index (χ1n) is 3.20. The van der Waals surface area contributed by atoms with Gasteiger partial charge in [-0.15, -0.1) is 0 Å². The van der Waals surface area contributed by atoms with E-state index in [0.717, 1.165) is 0 Å². The average molecular weight is 246 g/mol. The molecule has 0 N–H and O–H groups in total. The predicted molar refractivity (Wildman–Crippen MR) is 30.9 cm³/mol. The van der Waals surface area contributed by atoms with Crippen LogP contribution in [0.5, 0.6) is 0 Å². The van der Waals surface area contributed by atoms with E-state index in [9.17, 15) is 39.5 Å². The monoisotopic (exact) mass is 246 g/mol. The van der Waals surface area contributed by atoms with Crippen LogP contribution in [0.4, 0.5) is 39.5 Å². The molecule has 0 rings (SSSR count). The van der Waals surface area contributed by atoms with Gasteiger partial charge in [0.25, 0.3) is 0 Å². The van der Waals surface area contributed by atoms with Crippen LogP contribution in [-0.4, -0.2) is 18.0 Å². The van der Waals surface area contributed by atoms with Crippen LogP contribution in [0.15, 0.2) is 11.7 Å². The smallest absolute Gasteiger partial charge is 0.215 e. The molecule has 0 aromatic rings. The van der Waals surface area contributed by atoms with Gasteiger partial charge in [0.2, 0.25) is 0 Å². The van der Waals surface area contributed by atoms with E-state index in [0.29, 0.717) is 0 Å². The van der Waals surface area contributed by atoms with Crippen LogP contribution in [0.1, 0.15) is 6.92 Å². The summed E-state index contributed by atoms with van der Waals surface area (Å²) in [5.74, 6) is -6.06. The summed E-state index contributed by atoms with van der Waals surface area (Å²) >= 11 is 0. The van der Waals surface area contributed by atoms with Crippen molar-refractivity contribution in [2.24, 2.45) is 0 Å². The van der Waals surface area contributed by atoms with Gasteiger partial charge in [-0.2, -0.15) is 26.3 Å². The van der Waals surface area contributed by atoms with E-state index in [-0.39, 0.29) is 6.92 Å². The molecule has 0 saturated heterocycles. The Balaban J connectivity index is 5.77. The van der Waals surface area contributed by atoms with Crippen LogP contribution < -0.4 is 0 Å². The molecule has 0 aliphatic heterocycles. The molecular formula is C6H3F9. The van der Waals surface area contributed by atoms with Crippen molar-refractivity contribution in [2.45, 2.75) is 24.9 Å². The standard InChI is InChI=1S/C6H3F9/c1-2(7)3(8)4(9,5(10,11)12)6(13,14)15/h1H3/b3-2+. The molecule has 0 atom stereocenters. The lowest BCUT2D eigenvalue weighted by Gasteiger charge is -2.28.